The Labute approximate surface area is 125 Å². The summed E-state index contributed by atoms with van der Waals surface area (Å²) in [7, 11) is 1.65. The zero-order valence-corrected chi connectivity index (χ0v) is 13.5. The van der Waals surface area contributed by atoms with Crippen molar-refractivity contribution in [1.82, 2.24) is 9.36 Å². The molecular formula is C13H16BrN3OS. The monoisotopic (exact) mass is 341 g/mol. The summed E-state index contributed by atoms with van der Waals surface area (Å²) in [5.41, 5.74) is 0.974. The van der Waals surface area contributed by atoms with Gasteiger partial charge in [0.25, 0.3) is 0 Å². The Hall–Kier alpha value is -1.14. The molecule has 0 aliphatic heterocycles. The fourth-order valence-corrected chi connectivity index (χ4v) is 2.64. The highest BCUT2D eigenvalue weighted by Gasteiger charge is 2.09. The average Bonchev–Trinajstić information content (AvgIpc) is 2.85. The highest BCUT2D eigenvalue weighted by molar-refractivity contribution is 9.10. The van der Waals surface area contributed by atoms with Gasteiger partial charge in [-0.2, -0.15) is 9.36 Å². The van der Waals surface area contributed by atoms with Crippen molar-refractivity contribution < 1.29 is 4.74 Å². The van der Waals surface area contributed by atoms with Crippen LogP contribution in [0.1, 0.15) is 13.8 Å². The molecule has 0 unspecified atom stereocenters. The molecule has 4 nitrogen and oxygen atoms in total. The Kier molecular flexibility index (Phi) is 4.76. The molecule has 6 heteroatoms. The number of rotatable bonds is 5. The van der Waals surface area contributed by atoms with E-state index in [9.17, 15) is 0 Å². The van der Waals surface area contributed by atoms with Gasteiger partial charge in [-0.1, -0.05) is 13.8 Å². The molecular weight excluding hydrogens is 326 g/mol. The van der Waals surface area contributed by atoms with Crippen LogP contribution in [0.3, 0.4) is 0 Å². The number of nitrogens with one attached hydrogen (secondary N) is 1. The first-order valence-electron chi connectivity index (χ1n) is 6.01. The number of hydrogen-bond donors (Lipinski definition) is 1. The van der Waals surface area contributed by atoms with Gasteiger partial charge in [-0.05, 0) is 40.0 Å². The molecule has 19 heavy (non-hydrogen) atoms. The van der Waals surface area contributed by atoms with Crippen molar-refractivity contribution in [3.05, 3.63) is 22.7 Å². The van der Waals surface area contributed by atoms with Crippen LogP contribution in [0.25, 0.3) is 11.4 Å². The van der Waals surface area contributed by atoms with Crippen molar-refractivity contribution in [2.24, 2.45) is 5.92 Å². The summed E-state index contributed by atoms with van der Waals surface area (Å²) < 4.78 is 10.5. The van der Waals surface area contributed by atoms with Gasteiger partial charge < -0.3 is 10.1 Å². The molecule has 2 aromatic rings. The maximum Gasteiger partial charge on any atom is 0.202 e. The summed E-state index contributed by atoms with van der Waals surface area (Å²) in [6.07, 6.45) is 0. The maximum absolute atomic E-state index is 5.21. The van der Waals surface area contributed by atoms with Crippen LogP contribution >= 0.6 is 27.5 Å². The van der Waals surface area contributed by atoms with Gasteiger partial charge in [-0.3, -0.25) is 0 Å². The van der Waals surface area contributed by atoms with Crippen molar-refractivity contribution in [3.63, 3.8) is 0 Å². The van der Waals surface area contributed by atoms with Crippen LogP contribution in [0, 0.1) is 5.92 Å². The van der Waals surface area contributed by atoms with E-state index in [0.717, 1.165) is 33.3 Å². The first-order valence-corrected chi connectivity index (χ1v) is 7.58. The number of anilines is 1. The molecule has 102 valence electrons. The zero-order chi connectivity index (χ0) is 13.8. The fraction of sp³-hybridized carbons (Fsp3) is 0.385. The second kappa shape index (κ2) is 6.34. The van der Waals surface area contributed by atoms with Crippen molar-refractivity contribution in [2.75, 3.05) is 19.0 Å². The molecule has 0 aliphatic carbocycles. The Morgan fingerprint density at radius 3 is 2.84 bits per heavy atom. The van der Waals surface area contributed by atoms with Crippen molar-refractivity contribution in [3.8, 4) is 17.1 Å². The third kappa shape index (κ3) is 3.67. The average molecular weight is 342 g/mol. The molecule has 0 bridgehead atoms. The van der Waals surface area contributed by atoms with Crippen LogP contribution in [-0.2, 0) is 0 Å². The van der Waals surface area contributed by atoms with Crippen LogP contribution in [0.15, 0.2) is 22.7 Å². The predicted octanol–water partition coefficient (Wildman–Crippen LogP) is 4.04. The number of hydrogen-bond acceptors (Lipinski definition) is 5. The van der Waals surface area contributed by atoms with Gasteiger partial charge in [0, 0.05) is 23.6 Å². The van der Waals surface area contributed by atoms with E-state index in [0.29, 0.717) is 5.92 Å². The number of benzene rings is 1. The summed E-state index contributed by atoms with van der Waals surface area (Å²) in [4.78, 5) is 4.48. The van der Waals surface area contributed by atoms with Gasteiger partial charge in [0.2, 0.25) is 5.13 Å². The lowest BCUT2D eigenvalue weighted by molar-refractivity contribution is 0.412. The van der Waals surface area contributed by atoms with E-state index >= 15 is 0 Å². The Morgan fingerprint density at radius 1 is 1.42 bits per heavy atom. The lowest BCUT2D eigenvalue weighted by Crippen LogP contribution is -2.07. The molecule has 1 aromatic carbocycles. The lowest BCUT2D eigenvalue weighted by Gasteiger charge is -2.04. The summed E-state index contributed by atoms with van der Waals surface area (Å²) >= 11 is 4.85. The largest absolute Gasteiger partial charge is 0.496 e. The van der Waals surface area contributed by atoms with E-state index in [1.807, 2.05) is 18.2 Å². The number of aromatic nitrogens is 2. The minimum Gasteiger partial charge on any atom is -0.496 e. The SMILES string of the molecule is COc1ccc(-c2nsc(NCC(C)C)n2)cc1Br. The Bertz CT molecular complexity index is 557. The molecule has 2 rings (SSSR count). The fourth-order valence-electron chi connectivity index (χ4n) is 1.51. The van der Waals surface area contributed by atoms with Crippen molar-refractivity contribution in [2.45, 2.75) is 13.8 Å². The zero-order valence-electron chi connectivity index (χ0n) is 11.1. The lowest BCUT2D eigenvalue weighted by atomic mass is 10.2. The molecule has 0 aliphatic rings. The molecule has 0 radical (unpaired) electrons. The van der Waals surface area contributed by atoms with Gasteiger partial charge in [0.1, 0.15) is 5.75 Å². The second-order valence-electron chi connectivity index (χ2n) is 4.55. The standard InChI is InChI=1S/C13H16BrN3OS/c1-8(2)7-15-13-16-12(17-19-13)9-4-5-11(18-3)10(14)6-9/h4-6,8H,7H2,1-3H3,(H,15,16,17). The molecule has 1 heterocycles. The third-order valence-electron chi connectivity index (χ3n) is 2.50. The Balaban J connectivity index is 2.16. The maximum atomic E-state index is 5.21. The molecule has 0 saturated heterocycles. The molecule has 1 N–H and O–H groups in total. The van der Waals surface area contributed by atoms with E-state index in [-0.39, 0.29) is 0 Å². The topological polar surface area (TPSA) is 47.0 Å². The summed E-state index contributed by atoms with van der Waals surface area (Å²) in [5, 5.41) is 4.14. The second-order valence-corrected chi connectivity index (χ2v) is 6.15. The van der Waals surface area contributed by atoms with Gasteiger partial charge in [-0.15, -0.1) is 0 Å². The molecule has 1 aromatic heterocycles. The number of ether oxygens (including phenoxy) is 1. The molecule has 0 atom stereocenters. The third-order valence-corrected chi connectivity index (χ3v) is 3.79. The van der Waals surface area contributed by atoms with Crippen LogP contribution in [0.5, 0.6) is 5.75 Å². The van der Waals surface area contributed by atoms with E-state index in [4.69, 9.17) is 4.74 Å². The minimum absolute atomic E-state index is 0.586. The molecule has 0 spiro atoms. The van der Waals surface area contributed by atoms with Crippen LogP contribution < -0.4 is 10.1 Å². The van der Waals surface area contributed by atoms with Crippen LogP contribution in [0.4, 0.5) is 5.13 Å². The quantitative estimate of drug-likeness (QED) is 0.891. The highest BCUT2D eigenvalue weighted by Crippen LogP contribution is 2.30. The van der Waals surface area contributed by atoms with E-state index in [2.05, 4.69) is 44.5 Å². The first kappa shape index (κ1) is 14.3. The highest BCUT2D eigenvalue weighted by atomic mass is 79.9. The summed E-state index contributed by atoms with van der Waals surface area (Å²) in [5.74, 6) is 2.12. The number of nitrogens with zero attached hydrogens (tertiary/aromatic N) is 2. The van der Waals surface area contributed by atoms with Crippen molar-refractivity contribution in [1.29, 1.82) is 0 Å². The van der Waals surface area contributed by atoms with E-state index < -0.39 is 0 Å². The van der Waals surface area contributed by atoms with Crippen LogP contribution in [0.2, 0.25) is 0 Å². The molecule has 0 amide bonds. The predicted molar refractivity (Wildman–Crippen MR) is 82.9 cm³/mol. The summed E-state index contributed by atoms with van der Waals surface area (Å²) in [6.45, 7) is 5.23. The molecule has 0 saturated carbocycles. The van der Waals surface area contributed by atoms with Gasteiger partial charge >= 0.3 is 0 Å². The van der Waals surface area contributed by atoms with Crippen LogP contribution in [-0.4, -0.2) is 23.0 Å². The van der Waals surface area contributed by atoms with E-state index in [1.165, 1.54) is 11.5 Å². The minimum atomic E-state index is 0.586. The Morgan fingerprint density at radius 2 is 2.21 bits per heavy atom. The normalized spacial score (nSPS) is 10.8. The van der Waals surface area contributed by atoms with Gasteiger partial charge in [0.15, 0.2) is 5.82 Å². The van der Waals surface area contributed by atoms with Gasteiger partial charge in [-0.25, -0.2) is 0 Å². The number of halogens is 1. The summed E-state index contributed by atoms with van der Waals surface area (Å²) in [6, 6.07) is 5.83. The smallest absolute Gasteiger partial charge is 0.202 e. The first-order chi connectivity index (χ1) is 9.10. The number of methoxy groups -OCH3 is 1. The van der Waals surface area contributed by atoms with E-state index in [1.54, 1.807) is 7.11 Å². The van der Waals surface area contributed by atoms with Gasteiger partial charge in [0.05, 0.1) is 11.6 Å². The van der Waals surface area contributed by atoms with Crippen molar-refractivity contribution >= 4 is 32.6 Å². The molecule has 0 fully saturated rings.